The first-order valence-corrected chi connectivity index (χ1v) is 16.0. The summed E-state index contributed by atoms with van der Waals surface area (Å²) < 4.78 is 0. The summed E-state index contributed by atoms with van der Waals surface area (Å²) in [5.74, 6) is 0.405. The molecule has 0 aliphatic rings. The van der Waals surface area contributed by atoms with Gasteiger partial charge in [0.05, 0.1) is 40.3 Å². The van der Waals surface area contributed by atoms with E-state index in [1.165, 1.54) is 0 Å². The molecule has 7 heteroatoms. The Morgan fingerprint density at radius 3 is 1.88 bits per heavy atom. The largest absolute Gasteiger partial charge is 0.465 e. The summed E-state index contributed by atoms with van der Waals surface area (Å²) in [5, 5.41) is 29.8. The van der Waals surface area contributed by atoms with E-state index in [0.29, 0.717) is 24.0 Å². The van der Waals surface area contributed by atoms with Crippen molar-refractivity contribution >= 4 is 17.1 Å². The number of nitrogens with one attached hydrogen (secondary N) is 1. The van der Waals surface area contributed by atoms with Crippen LogP contribution in [0.2, 0.25) is 0 Å². The molecule has 2 N–H and O–H groups in total. The first kappa shape index (κ1) is 31.8. The molecule has 0 spiro atoms. The predicted molar refractivity (Wildman–Crippen MR) is 186 cm³/mol. The number of hydrogen-bond acceptors (Lipinski definition) is 4. The lowest BCUT2D eigenvalue weighted by molar-refractivity contribution is 0.0921. The molecule has 0 radical (unpaired) electrons. The maximum absolute atomic E-state index is 13.5. The highest BCUT2D eigenvalue weighted by Gasteiger charge is 2.38. The molecule has 0 bridgehead atoms. The maximum atomic E-state index is 13.5. The van der Waals surface area contributed by atoms with Gasteiger partial charge >= 0.3 is 6.09 Å². The lowest BCUT2D eigenvalue weighted by Gasteiger charge is -2.40. The van der Waals surface area contributed by atoms with Gasteiger partial charge in [-0.1, -0.05) is 91.0 Å². The molecule has 2 unspecified atom stereocenters. The second kappa shape index (κ2) is 14.5. The first-order chi connectivity index (χ1) is 23.4. The number of aromatic nitrogens is 2. The minimum Gasteiger partial charge on any atom is -0.465 e. The van der Waals surface area contributed by atoms with Crippen LogP contribution in [0.4, 0.5) is 4.79 Å². The van der Waals surface area contributed by atoms with Crippen molar-refractivity contribution in [1.29, 1.82) is 10.5 Å². The molecule has 0 fully saturated rings. The number of nitriles is 2. The number of imidazole rings is 1. The highest BCUT2D eigenvalue weighted by atomic mass is 16.4. The van der Waals surface area contributed by atoms with Gasteiger partial charge in [0, 0.05) is 12.5 Å². The van der Waals surface area contributed by atoms with Gasteiger partial charge in [0.1, 0.15) is 5.82 Å². The highest BCUT2D eigenvalue weighted by Crippen LogP contribution is 2.45. The molecule has 1 aromatic heterocycles. The fraction of sp³-hybridized carbons (Fsp3) is 0.171. The van der Waals surface area contributed by atoms with Crippen molar-refractivity contribution in [2.24, 2.45) is 5.92 Å². The van der Waals surface area contributed by atoms with Crippen LogP contribution in [0.25, 0.3) is 11.0 Å². The Kier molecular flexibility index (Phi) is 9.60. The van der Waals surface area contributed by atoms with Gasteiger partial charge in [0.15, 0.2) is 0 Å². The monoisotopic (exact) mass is 629 g/mol. The Balaban J connectivity index is 1.55. The number of H-pyrrole nitrogens is 1. The molecule has 0 saturated heterocycles. The van der Waals surface area contributed by atoms with Crippen LogP contribution < -0.4 is 0 Å². The van der Waals surface area contributed by atoms with Crippen LogP contribution in [0.15, 0.2) is 127 Å². The molecule has 0 aliphatic carbocycles. The molecular formula is C41H35N5O2. The Hall–Kier alpha value is -6.18. The standard InChI is InChI=1S/C41H35N5O2/c1-28-44-37-23-21-35(24-38(37)45-28)40(46(41(47)48)27-32-18-16-31(26-43)17-19-32)36(22-20-29-12-14-30(25-42)15-13-29)39(33-8-4-2-5-9-33)34-10-6-3-7-11-34/h2-19,21,23-24,36,39-40H,20,22,27H2,1H3,(H,44,45)(H,47,48). The summed E-state index contributed by atoms with van der Waals surface area (Å²) in [6.45, 7) is 2.04. The van der Waals surface area contributed by atoms with E-state index in [-0.39, 0.29) is 18.4 Å². The van der Waals surface area contributed by atoms with Gasteiger partial charge in [-0.3, -0.25) is 4.90 Å². The zero-order chi connectivity index (χ0) is 33.5. The zero-order valence-corrected chi connectivity index (χ0v) is 26.6. The molecule has 5 aromatic carbocycles. The number of amides is 1. The quantitative estimate of drug-likeness (QED) is 0.148. The lowest BCUT2D eigenvalue weighted by Crippen LogP contribution is -2.40. The molecular weight excluding hydrogens is 594 g/mol. The summed E-state index contributed by atoms with van der Waals surface area (Å²) in [7, 11) is 0. The van der Waals surface area contributed by atoms with Crippen LogP contribution in [-0.2, 0) is 13.0 Å². The average Bonchev–Trinajstić information content (AvgIpc) is 3.51. The number of hydrogen-bond donors (Lipinski definition) is 2. The number of rotatable bonds is 11. The van der Waals surface area contributed by atoms with Gasteiger partial charge < -0.3 is 10.1 Å². The van der Waals surface area contributed by atoms with E-state index in [2.05, 4.69) is 41.4 Å². The van der Waals surface area contributed by atoms with Crippen molar-refractivity contribution < 1.29 is 9.90 Å². The number of nitrogens with zero attached hydrogens (tertiary/aromatic N) is 4. The number of carbonyl (C=O) groups is 1. The SMILES string of the molecule is Cc1nc2cc(C(C(CCc3ccc(C#N)cc3)C(c3ccccc3)c3ccccc3)N(Cc3ccc(C#N)cc3)C(=O)O)ccc2[nH]1. The Labute approximate surface area is 280 Å². The number of aromatic amines is 1. The van der Waals surface area contributed by atoms with Crippen LogP contribution >= 0.6 is 0 Å². The van der Waals surface area contributed by atoms with E-state index in [1.807, 2.05) is 97.9 Å². The smallest absolute Gasteiger partial charge is 0.408 e. The second-order valence-electron chi connectivity index (χ2n) is 12.1. The summed E-state index contributed by atoms with van der Waals surface area (Å²) >= 11 is 0. The maximum Gasteiger partial charge on any atom is 0.408 e. The first-order valence-electron chi connectivity index (χ1n) is 16.0. The average molecular weight is 630 g/mol. The minimum absolute atomic E-state index is 0.132. The topological polar surface area (TPSA) is 117 Å². The van der Waals surface area contributed by atoms with Crippen LogP contribution in [0, 0.1) is 35.5 Å². The summed E-state index contributed by atoms with van der Waals surface area (Å²) in [6, 6.07) is 45.1. The third-order valence-electron chi connectivity index (χ3n) is 8.98. The Morgan fingerprint density at radius 2 is 1.33 bits per heavy atom. The molecule has 236 valence electrons. The number of aryl methyl sites for hydroxylation is 2. The summed E-state index contributed by atoms with van der Waals surface area (Å²) in [4.78, 5) is 23.0. The normalized spacial score (nSPS) is 12.2. The van der Waals surface area contributed by atoms with Gasteiger partial charge in [-0.05, 0) is 89.9 Å². The minimum atomic E-state index is -1.04. The van der Waals surface area contributed by atoms with Gasteiger partial charge in [-0.15, -0.1) is 0 Å². The molecule has 2 atom stereocenters. The zero-order valence-electron chi connectivity index (χ0n) is 26.6. The van der Waals surface area contributed by atoms with Crippen molar-refractivity contribution in [3.05, 3.63) is 172 Å². The third kappa shape index (κ3) is 7.12. The van der Waals surface area contributed by atoms with Gasteiger partial charge in [-0.2, -0.15) is 10.5 Å². The van der Waals surface area contributed by atoms with Gasteiger partial charge in [0.2, 0.25) is 0 Å². The predicted octanol–water partition coefficient (Wildman–Crippen LogP) is 8.92. The third-order valence-corrected chi connectivity index (χ3v) is 8.98. The van der Waals surface area contributed by atoms with Crippen molar-refractivity contribution in [2.75, 3.05) is 0 Å². The van der Waals surface area contributed by atoms with E-state index < -0.39 is 12.1 Å². The molecule has 1 heterocycles. The highest BCUT2D eigenvalue weighted by molar-refractivity contribution is 5.76. The van der Waals surface area contributed by atoms with Gasteiger partial charge in [0.25, 0.3) is 0 Å². The fourth-order valence-electron chi connectivity index (χ4n) is 6.75. The van der Waals surface area contributed by atoms with Crippen LogP contribution in [0.3, 0.4) is 0 Å². The van der Waals surface area contributed by atoms with Crippen molar-refractivity contribution in [3.8, 4) is 12.1 Å². The summed E-state index contributed by atoms with van der Waals surface area (Å²) in [5.41, 5.74) is 7.70. The van der Waals surface area contributed by atoms with E-state index >= 15 is 0 Å². The van der Waals surface area contributed by atoms with Gasteiger partial charge in [-0.25, -0.2) is 9.78 Å². The van der Waals surface area contributed by atoms with Crippen molar-refractivity contribution in [3.63, 3.8) is 0 Å². The molecule has 48 heavy (non-hydrogen) atoms. The molecule has 7 nitrogen and oxygen atoms in total. The van der Waals surface area contributed by atoms with E-state index in [4.69, 9.17) is 4.98 Å². The van der Waals surface area contributed by atoms with E-state index in [0.717, 1.165) is 44.7 Å². The second-order valence-corrected chi connectivity index (χ2v) is 12.1. The Bertz CT molecular complexity index is 2040. The van der Waals surface area contributed by atoms with Crippen LogP contribution in [0.1, 0.15) is 63.1 Å². The van der Waals surface area contributed by atoms with Crippen molar-refractivity contribution in [1.82, 2.24) is 14.9 Å². The molecule has 0 aliphatic heterocycles. The molecule has 6 aromatic rings. The molecule has 6 rings (SSSR count). The fourth-order valence-corrected chi connectivity index (χ4v) is 6.75. The lowest BCUT2D eigenvalue weighted by atomic mass is 9.72. The van der Waals surface area contributed by atoms with E-state index in [1.54, 1.807) is 17.0 Å². The Morgan fingerprint density at radius 1 is 0.771 bits per heavy atom. The van der Waals surface area contributed by atoms with E-state index in [9.17, 15) is 20.4 Å². The van der Waals surface area contributed by atoms with Crippen molar-refractivity contribution in [2.45, 2.75) is 38.3 Å². The van der Waals surface area contributed by atoms with Crippen LogP contribution in [0.5, 0.6) is 0 Å². The number of benzene rings is 5. The van der Waals surface area contributed by atoms with Crippen LogP contribution in [-0.4, -0.2) is 26.1 Å². The summed E-state index contributed by atoms with van der Waals surface area (Å²) in [6.07, 6.45) is 0.294. The molecule has 1 amide bonds. The molecule has 0 saturated carbocycles. The number of fused-ring (bicyclic) bond motifs is 1. The number of carboxylic acid groups (broad SMARTS) is 1.